The predicted molar refractivity (Wildman–Crippen MR) is 121 cm³/mol. The number of nitrogens with one attached hydrogen (secondary N) is 1. The highest BCUT2D eigenvalue weighted by molar-refractivity contribution is 7.10. The number of hydrogen-bond acceptors (Lipinski definition) is 5. The fraction of sp³-hybridized carbons (Fsp3) is 0.500. The van der Waals surface area contributed by atoms with E-state index in [0.717, 1.165) is 57.5 Å². The SMILES string of the molecule is CN=C(NCC(C)N1CCc2sccc2C1)N1CCN(c2ccccc2O)CC1. The van der Waals surface area contributed by atoms with Crippen molar-refractivity contribution in [1.29, 1.82) is 0 Å². The third-order valence-corrected chi connectivity index (χ3v) is 7.05. The Bertz CT molecular complexity index is 843. The number of rotatable bonds is 4. The maximum Gasteiger partial charge on any atom is 0.193 e. The van der Waals surface area contributed by atoms with Gasteiger partial charge in [0, 0.05) is 63.8 Å². The number of anilines is 1. The molecule has 1 aromatic heterocycles. The molecule has 0 saturated carbocycles. The van der Waals surface area contributed by atoms with Crippen molar-refractivity contribution in [2.45, 2.75) is 25.9 Å². The van der Waals surface area contributed by atoms with Gasteiger partial charge in [0.15, 0.2) is 5.96 Å². The summed E-state index contributed by atoms with van der Waals surface area (Å²) >= 11 is 1.89. The smallest absolute Gasteiger partial charge is 0.193 e. The molecular formula is C22H31N5OS. The minimum Gasteiger partial charge on any atom is -0.506 e. The van der Waals surface area contributed by atoms with Gasteiger partial charge in [0.2, 0.25) is 0 Å². The monoisotopic (exact) mass is 413 g/mol. The lowest BCUT2D eigenvalue weighted by Gasteiger charge is -2.38. The van der Waals surface area contributed by atoms with Gasteiger partial charge in [0.1, 0.15) is 5.75 Å². The maximum absolute atomic E-state index is 10.1. The Labute approximate surface area is 177 Å². The summed E-state index contributed by atoms with van der Waals surface area (Å²) in [6.45, 7) is 8.92. The number of guanidine groups is 1. The maximum atomic E-state index is 10.1. The Morgan fingerprint density at radius 3 is 2.72 bits per heavy atom. The quantitative estimate of drug-likeness (QED) is 0.596. The summed E-state index contributed by atoms with van der Waals surface area (Å²) in [5, 5.41) is 15.9. The number of benzene rings is 1. The van der Waals surface area contributed by atoms with Gasteiger partial charge in [-0.1, -0.05) is 12.1 Å². The molecule has 6 nitrogen and oxygen atoms in total. The van der Waals surface area contributed by atoms with Crippen LogP contribution in [0.25, 0.3) is 0 Å². The zero-order valence-corrected chi connectivity index (χ0v) is 18.2. The van der Waals surface area contributed by atoms with Crippen molar-refractivity contribution in [3.05, 3.63) is 46.2 Å². The van der Waals surface area contributed by atoms with Crippen LogP contribution < -0.4 is 10.2 Å². The molecule has 0 aliphatic carbocycles. The Kier molecular flexibility index (Phi) is 6.25. The van der Waals surface area contributed by atoms with Crippen LogP contribution in [0.4, 0.5) is 5.69 Å². The second-order valence-corrected chi connectivity index (χ2v) is 8.83. The molecule has 2 aliphatic rings. The summed E-state index contributed by atoms with van der Waals surface area (Å²) in [6.07, 6.45) is 1.17. The summed E-state index contributed by atoms with van der Waals surface area (Å²) in [5.74, 6) is 1.33. The third kappa shape index (κ3) is 4.51. The van der Waals surface area contributed by atoms with Crippen LogP contribution in [-0.4, -0.2) is 73.2 Å². The summed E-state index contributed by atoms with van der Waals surface area (Å²) in [4.78, 5) is 13.2. The fourth-order valence-corrected chi connectivity index (χ4v) is 5.13. The van der Waals surface area contributed by atoms with Gasteiger partial charge in [-0.3, -0.25) is 9.89 Å². The minimum atomic E-state index is 0.354. The molecule has 0 amide bonds. The first kappa shape index (κ1) is 20.0. The summed E-state index contributed by atoms with van der Waals surface area (Å²) in [6, 6.07) is 10.3. The van der Waals surface area contributed by atoms with E-state index in [2.05, 4.69) is 43.4 Å². The number of phenolic OH excluding ortho intramolecular Hbond substituents is 1. The van der Waals surface area contributed by atoms with Crippen LogP contribution in [-0.2, 0) is 13.0 Å². The van der Waals surface area contributed by atoms with Crippen LogP contribution in [0.5, 0.6) is 5.75 Å². The normalized spacial score (nSPS) is 19.2. The molecule has 1 aromatic carbocycles. The minimum absolute atomic E-state index is 0.354. The van der Waals surface area contributed by atoms with Crippen molar-refractivity contribution in [3.63, 3.8) is 0 Å². The molecule has 1 saturated heterocycles. The number of fused-ring (bicyclic) bond motifs is 1. The molecule has 0 bridgehead atoms. The van der Waals surface area contributed by atoms with Gasteiger partial charge in [-0.25, -0.2) is 0 Å². The number of aliphatic imine (C=N–C) groups is 1. The van der Waals surface area contributed by atoms with Crippen molar-refractivity contribution in [3.8, 4) is 5.75 Å². The molecule has 29 heavy (non-hydrogen) atoms. The van der Waals surface area contributed by atoms with E-state index in [1.54, 1.807) is 10.9 Å². The van der Waals surface area contributed by atoms with Crippen LogP contribution in [0.1, 0.15) is 17.4 Å². The van der Waals surface area contributed by atoms with Crippen LogP contribution in [0.3, 0.4) is 0 Å². The Morgan fingerprint density at radius 2 is 1.97 bits per heavy atom. The number of aromatic hydroxyl groups is 1. The summed E-state index contributed by atoms with van der Waals surface area (Å²) in [7, 11) is 1.86. The zero-order chi connectivity index (χ0) is 20.2. The number of nitrogens with zero attached hydrogens (tertiary/aromatic N) is 4. The fourth-order valence-electron chi connectivity index (χ4n) is 4.24. The Balaban J connectivity index is 1.27. The number of phenols is 1. The molecule has 0 radical (unpaired) electrons. The first-order valence-corrected chi connectivity index (χ1v) is 11.3. The van der Waals surface area contributed by atoms with Crippen molar-refractivity contribution in [2.24, 2.45) is 4.99 Å². The first-order chi connectivity index (χ1) is 14.2. The predicted octanol–water partition coefficient (Wildman–Crippen LogP) is 2.60. The molecule has 3 heterocycles. The molecule has 0 spiro atoms. The average molecular weight is 414 g/mol. The van der Waals surface area contributed by atoms with E-state index in [4.69, 9.17) is 0 Å². The molecule has 2 aliphatic heterocycles. The largest absolute Gasteiger partial charge is 0.506 e. The van der Waals surface area contributed by atoms with E-state index in [9.17, 15) is 5.11 Å². The molecular weight excluding hydrogens is 382 g/mol. The average Bonchev–Trinajstić information content (AvgIpc) is 3.23. The van der Waals surface area contributed by atoms with Crippen molar-refractivity contribution < 1.29 is 5.11 Å². The molecule has 2 aromatic rings. The number of thiophene rings is 1. The van der Waals surface area contributed by atoms with Gasteiger partial charge in [-0.05, 0) is 42.5 Å². The third-order valence-electron chi connectivity index (χ3n) is 6.03. The highest BCUT2D eigenvalue weighted by Gasteiger charge is 2.24. The first-order valence-electron chi connectivity index (χ1n) is 10.4. The second-order valence-electron chi connectivity index (χ2n) is 7.83. The van der Waals surface area contributed by atoms with E-state index in [0.29, 0.717) is 11.8 Å². The number of piperazine rings is 1. The molecule has 1 atom stereocenters. The lowest BCUT2D eigenvalue weighted by Crippen LogP contribution is -2.54. The molecule has 1 unspecified atom stereocenters. The number of hydrogen-bond donors (Lipinski definition) is 2. The van der Waals surface area contributed by atoms with E-state index in [1.165, 1.54) is 12.0 Å². The van der Waals surface area contributed by atoms with Crippen molar-refractivity contribution in [2.75, 3.05) is 51.2 Å². The number of para-hydroxylation sites is 2. The summed E-state index contributed by atoms with van der Waals surface area (Å²) < 4.78 is 0. The molecule has 1 fully saturated rings. The van der Waals surface area contributed by atoms with Gasteiger partial charge in [0.05, 0.1) is 5.69 Å². The molecule has 4 rings (SSSR count). The highest BCUT2D eigenvalue weighted by atomic mass is 32.1. The van der Waals surface area contributed by atoms with Gasteiger partial charge in [-0.2, -0.15) is 0 Å². The zero-order valence-electron chi connectivity index (χ0n) is 17.3. The van der Waals surface area contributed by atoms with Gasteiger partial charge < -0.3 is 20.2 Å². The van der Waals surface area contributed by atoms with E-state index in [1.807, 2.05) is 36.6 Å². The molecule has 7 heteroatoms. The van der Waals surface area contributed by atoms with E-state index < -0.39 is 0 Å². The van der Waals surface area contributed by atoms with Crippen LogP contribution in [0.2, 0.25) is 0 Å². The molecule has 2 N–H and O–H groups in total. The van der Waals surface area contributed by atoms with Gasteiger partial charge in [0.25, 0.3) is 0 Å². The van der Waals surface area contributed by atoms with Crippen LogP contribution in [0, 0.1) is 0 Å². The van der Waals surface area contributed by atoms with Gasteiger partial charge >= 0.3 is 0 Å². The lowest BCUT2D eigenvalue weighted by atomic mass is 10.1. The standard InChI is InChI=1S/C22H31N5OS/c1-17(27-9-7-21-18(16-27)8-14-29-21)15-24-22(23-2)26-12-10-25(11-13-26)19-5-3-4-6-20(19)28/h3-6,8,14,17,28H,7,9-13,15-16H2,1-2H3,(H,23,24). The van der Waals surface area contributed by atoms with Gasteiger partial charge in [-0.15, -0.1) is 11.3 Å². The van der Waals surface area contributed by atoms with Crippen LogP contribution in [0.15, 0.2) is 40.7 Å². The molecule has 156 valence electrons. The van der Waals surface area contributed by atoms with Crippen molar-refractivity contribution in [1.82, 2.24) is 15.1 Å². The van der Waals surface area contributed by atoms with E-state index >= 15 is 0 Å². The Hall–Kier alpha value is -2.25. The summed E-state index contributed by atoms with van der Waals surface area (Å²) in [5.41, 5.74) is 2.42. The lowest BCUT2D eigenvalue weighted by molar-refractivity contribution is 0.191. The highest BCUT2D eigenvalue weighted by Crippen LogP contribution is 2.27. The Morgan fingerprint density at radius 1 is 1.17 bits per heavy atom. The van der Waals surface area contributed by atoms with E-state index in [-0.39, 0.29) is 0 Å². The van der Waals surface area contributed by atoms with Crippen molar-refractivity contribution >= 4 is 23.0 Å². The van der Waals surface area contributed by atoms with Crippen LogP contribution >= 0.6 is 11.3 Å². The second kappa shape index (κ2) is 9.05. The topological polar surface area (TPSA) is 54.3 Å².